The van der Waals surface area contributed by atoms with Gasteiger partial charge in [-0.25, -0.2) is 0 Å². The monoisotopic (exact) mass is 1000 g/mol. The molecule has 0 spiro atoms. The van der Waals surface area contributed by atoms with Crippen LogP contribution in [0.1, 0.15) is 61.1 Å². The Morgan fingerprint density at radius 1 is 0.424 bits per heavy atom. The Labute approximate surface area is 377 Å². The lowest BCUT2D eigenvalue weighted by molar-refractivity contribution is 0.659. The second-order valence-corrected chi connectivity index (χ2v) is 20.0. The molecule has 0 saturated carbocycles. The Kier molecular flexibility index (Phi) is 9.62. The molecule has 0 atom stereocenters. The molecule has 0 radical (unpaired) electrons. The number of halogens is 3. The van der Waals surface area contributed by atoms with E-state index in [-0.39, 0.29) is 10.8 Å². The molecule has 288 valence electrons. The lowest BCUT2D eigenvalue weighted by Crippen LogP contribution is -2.15. The van der Waals surface area contributed by atoms with Gasteiger partial charge in [0, 0.05) is 39.8 Å². The standard InChI is InChI=1S/C27H20BrN.C15H12BrI.C13H10/c1-27(2)23-15-17(28)11-13-19(23)20-14-12-18(16-24(20)27)29-25-9-5-3-7-21(25)22-8-4-6-10-26(22)29;1-15(2)13-7-9(16)3-5-11(13)12-6-4-10(17)8-14(12)15;1-3-7-12-10(5-1)9-11-6-2-4-8-13(11)12/h3-16H,1-2H3;3-8H,1-2H3;1-8H,9H2. The molecule has 8 aromatic carbocycles. The summed E-state index contributed by atoms with van der Waals surface area (Å²) >= 11 is 9.62. The molecule has 0 unspecified atom stereocenters. The minimum atomic E-state index is -0.0246. The molecule has 1 nitrogen and oxygen atoms in total. The van der Waals surface area contributed by atoms with Crippen LogP contribution in [-0.4, -0.2) is 4.57 Å². The first-order valence-electron chi connectivity index (χ1n) is 20.2. The minimum Gasteiger partial charge on any atom is -0.309 e. The summed E-state index contributed by atoms with van der Waals surface area (Å²) in [4.78, 5) is 0. The van der Waals surface area contributed by atoms with E-state index >= 15 is 0 Å². The van der Waals surface area contributed by atoms with E-state index in [1.54, 1.807) is 0 Å². The Morgan fingerprint density at radius 2 is 0.831 bits per heavy atom. The van der Waals surface area contributed by atoms with Crippen molar-refractivity contribution in [3.05, 3.63) is 216 Å². The number of rotatable bonds is 1. The van der Waals surface area contributed by atoms with Gasteiger partial charge >= 0.3 is 0 Å². The number of para-hydroxylation sites is 2. The van der Waals surface area contributed by atoms with Crippen molar-refractivity contribution >= 4 is 76.3 Å². The fourth-order valence-electron chi connectivity index (χ4n) is 9.80. The third-order valence-electron chi connectivity index (χ3n) is 12.8. The predicted octanol–water partition coefficient (Wildman–Crippen LogP) is 16.5. The van der Waals surface area contributed by atoms with Crippen LogP contribution in [0.3, 0.4) is 0 Å². The second kappa shape index (κ2) is 14.8. The van der Waals surface area contributed by atoms with Gasteiger partial charge in [-0.15, -0.1) is 0 Å². The lowest BCUT2D eigenvalue weighted by atomic mass is 9.82. The molecule has 0 aliphatic heterocycles. The van der Waals surface area contributed by atoms with Crippen molar-refractivity contribution < 1.29 is 0 Å². The smallest absolute Gasteiger partial charge is 0.0541 e. The van der Waals surface area contributed by atoms with Crippen molar-refractivity contribution in [3.8, 4) is 39.1 Å². The zero-order chi connectivity index (χ0) is 40.6. The van der Waals surface area contributed by atoms with E-state index in [2.05, 4.69) is 257 Å². The molecule has 3 aliphatic carbocycles. The SMILES string of the molecule is CC1(C)c2cc(Br)ccc2-c2ccc(-n3c4ccccc4c4ccccc43)cc21.CC1(C)c2cc(Br)ccc2-c2ccc(I)cc21.c1ccc2c(c1)Cc1ccccc1-2. The van der Waals surface area contributed by atoms with Gasteiger partial charge in [0.1, 0.15) is 0 Å². The highest BCUT2D eigenvalue weighted by molar-refractivity contribution is 14.1. The van der Waals surface area contributed by atoms with Gasteiger partial charge in [-0.05, 0) is 156 Å². The van der Waals surface area contributed by atoms with Gasteiger partial charge in [-0.2, -0.15) is 0 Å². The van der Waals surface area contributed by atoms with Crippen molar-refractivity contribution in [1.29, 1.82) is 0 Å². The fourth-order valence-corrected chi connectivity index (χ4v) is 11.0. The molecular formula is C55H42Br2IN. The number of benzene rings is 8. The zero-order valence-electron chi connectivity index (χ0n) is 33.5. The van der Waals surface area contributed by atoms with Gasteiger partial charge in [-0.1, -0.05) is 169 Å². The van der Waals surface area contributed by atoms with Crippen molar-refractivity contribution in [2.24, 2.45) is 0 Å². The van der Waals surface area contributed by atoms with Crippen molar-refractivity contribution in [1.82, 2.24) is 4.57 Å². The van der Waals surface area contributed by atoms with Crippen molar-refractivity contribution in [2.75, 3.05) is 0 Å². The van der Waals surface area contributed by atoms with Crippen LogP contribution in [0, 0.1) is 3.57 Å². The van der Waals surface area contributed by atoms with Gasteiger partial charge < -0.3 is 4.57 Å². The summed E-state index contributed by atoms with van der Waals surface area (Å²) in [5.74, 6) is 0. The van der Waals surface area contributed by atoms with Gasteiger partial charge in [0.05, 0.1) is 11.0 Å². The van der Waals surface area contributed by atoms with E-state index in [1.165, 1.54) is 97.8 Å². The predicted molar refractivity (Wildman–Crippen MR) is 265 cm³/mol. The first-order valence-corrected chi connectivity index (χ1v) is 22.9. The molecular weight excluding hydrogens is 961 g/mol. The molecule has 1 aromatic heterocycles. The number of nitrogens with zero attached hydrogens (tertiary/aromatic N) is 1. The van der Waals surface area contributed by atoms with E-state index in [9.17, 15) is 0 Å². The summed E-state index contributed by atoms with van der Waals surface area (Å²) in [6.45, 7) is 9.28. The third kappa shape index (κ3) is 6.45. The van der Waals surface area contributed by atoms with Gasteiger partial charge in [0.15, 0.2) is 0 Å². The fraction of sp³-hybridized carbons (Fsp3) is 0.127. The van der Waals surface area contributed by atoms with E-state index in [0.717, 1.165) is 15.4 Å². The highest BCUT2D eigenvalue weighted by Gasteiger charge is 2.37. The van der Waals surface area contributed by atoms with Crippen molar-refractivity contribution in [3.63, 3.8) is 0 Å². The highest BCUT2D eigenvalue weighted by Crippen LogP contribution is 2.51. The molecule has 0 saturated heterocycles. The average Bonchev–Trinajstić information content (AvgIpc) is 3.92. The third-order valence-corrected chi connectivity index (χ3v) is 14.4. The topological polar surface area (TPSA) is 4.93 Å². The Hall–Kier alpha value is -4.75. The molecule has 59 heavy (non-hydrogen) atoms. The Morgan fingerprint density at radius 3 is 1.36 bits per heavy atom. The molecule has 4 heteroatoms. The molecule has 0 amide bonds. The first kappa shape index (κ1) is 38.5. The van der Waals surface area contributed by atoms with Crippen LogP contribution >= 0.6 is 54.5 Å². The Balaban J connectivity index is 0.000000118. The van der Waals surface area contributed by atoms with Crippen molar-refractivity contribution in [2.45, 2.75) is 44.9 Å². The van der Waals surface area contributed by atoms with Crippen LogP contribution in [0.5, 0.6) is 0 Å². The minimum absolute atomic E-state index is 0.0246. The summed E-state index contributed by atoms with van der Waals surface area (Å²) in [6, 6.07) is 61.7. The molecule has 9 aromatic rings. The number of hydrogen-bond donors (Lipinski definition) is 0. The van der Waals surface area contributed by atoms with Gasteiger partial charge in [0.25, 0.3) is 0 Å². The first-order chi connectivity index (χ1) is 28.5. The van der Waals surface area contributed by atoms with E-state index in [1.807, 2.05) is 0 Å². The maximum Gasteiger partial charge on any atom is 0.0541 e. The molecule has 3 aliphatic rings. The molecule has 1 heterocycles. The number of aromatic nitrogens is 1. The van der Waals surface area contributed by atoms with Crippen LogP contribution in [0.15, 0.2) is 179 Å². The van der Waals surface area contributed by atoms with E-state index < -0.39 is 0 Å². The number of fused-ring (bicyclic) bond motifs is 12. The van der Waals surface area contributed by atoms with E-state index in [4.69, 9.17) is 0 Å². The normalized spacial score (nSPS) is 14.2. The summed E-state index contributed by atoms with van der Waals surface area (Å²) in [5, 5.41) is 2.60. The zero-order valence-corrected chi connectivity index (χ0v) is 38.8. The summed E-state index contributed by atoms with van der Waals surface area (Å²) in [5.41, 5.74) is 20.7. The quantitative estimate of drug-likeness (QED) is 0.144. The Bertz CT molecular complexity index is 2980. The van der Waals surface area contributed by atoms with Gasteiger partial charge in [-0.3, -0.25) is 0 Å². The average molecular weight is 1000 g/mol. The molecule has 0 N–H and O–H groups in total. The summed E-state index contributed by atoms with van der Waals surface area (Å²) in [7, 11) is 0. The van der Waals surface area contributed by atoms with Crippen LogP contribution in [0.25, 0.3) is 60.9 Å². The second-order valence-electron chi connectivity index (χ2n) is 16.9. The summed E-state index contributed by atoms with van der Waals surface area (Å²) < 4.78 is 6.01. The van der Waals surface area contributed by atoms with Crippen LogP contribution in [0.2, 0.25) is 0 Å². The maximum absolute atomic E-state index is 3.66. The largest absolute Gasteiger partial charge is 0.309 e. The highest BCUT2D eigenvalue weighted by atomic mass is 127. The van der Waals surface area contributed by atoms with Gasteiger partial charge in [0.2, 0.25) is 0 Å². The molecule has 12 rings (SSSR count). The maximum atomic E-state index is 3.66. The molecule has 0 bridgehead atoms. The number of hydrogen-bond acceptors (Lipinski definition) is 0. The lowest BCUT2D eigenvalue weighted by Gasteiger charge is -2.22. The van der Waals surface area contributed by atoms with E-state index in [0.29, 0.717) is 0 Å². The van der Waals surface area contributed by atoms with Crippen LogP contribution < -0.4 is 0 Å². The van der Waals surface area contributed by atoms with Crippen LogP contribution in [-0.2, 0) is 17.3 Å². The summed E-state index contributed by atoms with van der Waals surface area (Å²) in [6.07, 6.45) is 1.10. The molecule has 0 fully saturated rings. The van der Waals surface area contributed by atoms with Crippen LogP contribution in [0.4, 0.5) is 0 Å².